The molecule has 5 nitrogen and oxygen atoms in total. The SMILES string of the molecule is CC1(C(=O)O)CCC(OC(=O)O)CC1. The van der Waals surface area contributed by atoms with Crippen LogP contribution in [0.1, 0.15) is 32.6 Å². The first-order valence-electron chi connectivity index (χ1n) is 4.57. The van der Waals surface area contributed by atoms with Crippen LogP contribution < -0.4 is 0 Å². The molecule has 0 radical (unpaired) electrons. The number of rotatable bonds is 2. The fraction of sp³-hybridized carbons (Fsp3) is 0.778. The van der Waals surface area contributed by atoms with Gasteiger partial charge < -0.3 is 14.9 Å². The molecule has 5 heteroatoms. The summed E-state index contributed by atoms with van der Waals surface area (Å²) in [5.41, 5.74) is -0.710. The van der Waals surface area contributed by atoms with E-state index in [1.54, 1.807) is 6.92 Å². The minimum absolute atomic E-state index is 0.333. The van der Waals surface area contributed by atoms with E-state index in [4.69, 9.17) is 10.2 Å². The molecule has 0 atom stereocenters. The fourth-order valence-corrected chi connectivity index (χ4v) is 1.70. The summed E-state index contributed by atoms with van der Waals surface area (Å²) >= 11 is 0. The highest BCUT2D eigenvalue weighted by Gasteiger charge is 2.38. The molecular formula is C9H14O5. The van der Waals surface area contributed by atoms with Crippen LogP contribution in [0.5, 0.6) is 0 Å². The lowest BCUT2D eigenvalue weighted by Crippen LogP contribution is -2.35. The van der Waals surface area contributed by atoms with Crippen molar-refractivity contribution in [1.29, 1.82) is 0 Å². The quantitative estimate of drug-likeness (QED) is 0.666. The Bertz CT molecular complexity index is 240. The molecular weight excluding hydrogens is 188 g/mol. The maximum atomic E-state index is 10.8. The van der Waals surface area contributed by atoms with E-state index in [1.807, 2.05) is 0 Å². The van der Waals surface area contributed by atoms with E-state index in [2.05, 4.69) is 4.74 Å². The predicted molar refractivity (Wildman–Crippen MR) is 47.1 cm³/mol. The van der Waals surface area contributed by atoms with Crippen LogP contribution >= 0.6 is 0 Å². The average Bonchev–Trinajstić information content (AvgIpc) is 2.08. The molecule has 1 aliphatic carbocycles. The van der Waals surface area contributed by atoms with Gasteiger partial charge in [0.25, 0.3) is 0 Å². The number of carboxylic acids is 1. The van der Waals surface area contributed by atoms with Crippen molar-refractivity contribution >= 4 is 12.1 Å². The highest BCUT2D eigenvalue weighted by atomic mass is 16.7. The van der Waals surface area contributed by atoms with Crippen molar-refractivity contribution in [3.05, 3.63) is 0 Å². The molecule has 1 rings (SSSR count). The maximum Gasteiger partial charge on any atom is 0.506 e. The van der Waals surface area contributed by atoms with Crippen LogP contribution in [0.4, 0.5) is 4.79 Å². The van der Waals surface area contributed by atoms with Crippen molar-refractivity contribution in [2.75, 3.05) is 0 Å². The second-order valence-electron chi connectivity index (χ2n) is 3.95. The molecule has 0 bridgehead atoms. The minimum Gasteiger partial charge on any atom is -0.481 e. The third-order valence-electron chi connectivity index (χ3n) is 2.82. The fourth-order valence-electron chi connectivity index (χ4n) is 1.70. The van der Waals surface area contributed by atoms with Gasteiger partial charge in [0, 0.05) is 0 Å². The molecule has 0 heterocycles. The Morgan fingerprint density at radius 3 is 2.14 bits per heavy atom. The van der Waals surface area contributed by atoms with Crippen LogP contribution in [0, 0.1) is 5.41 Å². The Balaban J connectivity index is 2.45. The van der Waals surface area contributed by atoms with Crippen LogP contribution in [0.15, 0.2) is 0 Å². The van der Waals surface area contributed by atoms with Gasteiger partial charge in [0.15, 0.2) is 0 Å². The number of carboxylic acid groups (broad SMARTS) is 2. The lowest BCUT2D eigenvalue weighted by atomic mass is 9.75. The van der Waals surface area contributed by atoms with Gasteiger partial charge >= 0.3 is 12.1 Å². The number of hydrogen-bond donors (Lipinski definition) is 2. The van der Waals surface area contributed by atoms with E-state index in [0.717, 1.165) is 0 Å². The zero-order valence-corrected chi connectivity index (χ0v) is 8.02. The molecule has 0 aliphatic heterocycles. The Hall–Kier alpha value is -1.26. The Morgan fingerprint density at radius 2 is 1.79 bits per heavy atom. The normalized spacial score (nSPS) is 32.2. The predicted octanol–water partition coefficient (Wildman–Crippen LogP) is 1.71. The molecule has 0 saturated heterocycles. The summed E-state index contributed by atoms with van der Waals surface area (Å²) in [7, 11) is 0. The second kappa shape index (κ2) is 3.86. The van der Waals surface area contributed by atoms with Gasteiger partial charge in [-0.15, -0.1) is 0 Å². The van der Waals surface area contributed by atoms with Gasteiger partial charge in [-0.05, 0) is 32.6 Å². The monoisotopic (exact) mass is 202 g/mol. The van der Waals surface area contributed by atoms with Gasteiger partial charge in [-0.3, -0.25) is 4.79 Å². The van der Waals surface area contributed by atoms with Gasteiger partial charge in [0.05, 0.1) is 5.41 Å². The minimum atomic E-state index is -1.28. The molecule has 2 N–H and O–H groups in total. The summed E-state index contributed by atoms with van der Waals surface area (Å²) in [6.07, 6.45) is 0.318. The first kappa shape index (κ1) is 10.8. The first-order chi connectivity index (χ1) is 6.44. The van der Waals surface area contributed by atoms with E-state index >= 15 is 0 Å². The molecule has 0 aromatic carbocycles. The van der Waals surface area contributed by atoms with E-state index in [1.165, 1.54) is 0 Å². The maximum absolute atomic E-state index is 10.8. The molecule has 0 aromatic rings. The summed E-state index contributed by atoms with van der Waals surface area (Å²) in [6, 6.07) is 0. The van der Waals surface area contributed by atoms with Crippen LogP contribution in [0.2, 0.25) is 0 Å². The third-order valence-corrected chi connectivity index (χ3v) is 2.82. The molecule has 1 fully saturated rings. The smallest absolute Gasteiger partial charge is 0.481 e. The third kappa shape index (κ3) is 2.37. The second-order valence-corrected chi connectivity index (χ2v) is 3.95. The van der Waals surface area contributed by atoms with Crippen molar-refractivity contribution in [3.8, 4) is 0 Å². The highest BCUT2D eigenvalue weighted by molar-refractivity contribution is 5.74. The van der Waals surface area contributed by atoms with E-state index in [-0.39, 0.29) is 6.10 Å². The molecule has 0 spiro atoms. The zero-order valence-electron chi connectivity index (χ0n) is 8.02. The summed E-state index contributed by atoms with van der Waals surface area (Å²) in [5, 5.41) is 17.3. The molecule has 1 aliphatic rings. The van der Waals surface area contributed by atoms with Gasteiger partial charge in [-0.2, -0.15) is 0 Å². The summed E-state index contributed by atoms with van der Waals surface area (Å²) < 4.78 is 4.59. The lowest BCUT2D eigenvalue weighted by molar-refractivity contribution is -0.151. The van der Waals surface area contributed by atoms with Gasteiger partial charge in [-0.1, -0.05) is 0 Å². The molecule has 0 unspecified atom stereocenters. The molecule has 0 amide bonds. The van der Waals surface area contributed by atoms with Gasteiger partial charge in [0.2, 0.25) is 0 Å². The summed E-state index contributed by atoms with van der Waals surface area (Å²) in [6.45, 7) is 1.69. The first-order valence-corrected chi connectivity index (χ1v) is 4.57. The van der Waals surface area contributed by atoms with Crippen LogP contribution in [-0.2, 0) is 9.53 Å². The zero-order chi connectivity index (χ0) is 10.8. The van der Waals surface area contributed by atoms with Crippen LogP contribution in [0.3, 0.4) is 0 Å². The Morgan fingerprint density at radius 1 is 1.29 bits per heavy atom. The number of hydrogen-bond acceptors (Lipinski definition) is 3. The largest absolute Gasteiger partial charge is 0.506 e. The standard InChI is InChI=1S/C9H14O5/c1-9(7(10)11)4-2-6(3-5-9)14-8(12)13/h6H,2-5H2,1H3,(H,10,11)(H,12,13). The van der Waals surface area contributed by atoms with Crippen molar-refractivity contribution in [2.24, 2.45) is 5.41 Å². The van der Waals surface area contributed by atoms with Crippen LogP contribution in [0.25, 0.3) is 0 Å². The summed E-state index contributed by atoms with van der Waals surface area (Å²) in [4.78, 5) is 21.1. The Labute approximate surface area is 81.7 Å². The van der Waals surface area contributed by atoms with Crippen LogP contribution in [-0.4, -0.2) is 28.4 Å². The van der Waals surface area contributed by atoms with Crippen molar-refractivity contribution in [2.45, 2.75) is 38.7 Å². The van der Waals surface area contributed by atoms with Gasteiger partial charge in [-0.25, -0.2) is 4.79 Å². The lowest BCUT2D eigenvalue weighted by Gasteiger charge is -2.32. The topological polar surface area (TPSA) is 83.8 Å². The van der Waals surface area contributed by atoms with E-state index in [0.29, 0.717) is 25.7 Å². The van der Waals surface area contributed by atoms with Crippen molar-refractivity contribution < 1.29 is 24.5 Å². The van der Waals surface area contributed by atoms with E-state index in [9.17, 15) is 9.59 Å². The number of aliphatic carboxylic acids is 1. The van der Waals surface area contributed by atoms with Crippen molar-refractivity contribution in [1.82, 2.24) is 0 Å². The van der Waals surface area contributed by atoms with E-state index < -0.39 is 17.5 Å². The summed E-state index contributed by atoms with van der Waals surface area (Å²) in [5.74, 6) is -0.814. The molecule has 1 saturated carbocycles. The number of carbonyl (C=O) groups is 2. The van der Waals surface area contributed by atoms with Crippen molar-refractivity contribution in [3.63, 3.8) is 0 Å². The highest BCUT2D eigenvalue weighted by Crippen LogP contribution is 2.37. The number of ether oxygens (including phenoxy) is 1. The molecule has 0 aromatic heterocycles. The van der Waals surface area contributed by atoms with Gasteiger partial charge in [0.1, 0.15) is 6.10 Å². The molecule has 14 heavy (non-hydrogen) atoms. The average molecular weight is 202 g/mol. The molecule has 80 valence electrons. The Kier molecular flexibility index (Phi) is 2.98.